The van der Waals surface area contributed by atoms with Crippen LogP contribution in [0, 0.1) is 12.8 Å². The monoisotopic (exact) mass is 355 g/mol. The van der Waals surface area contributed by atoms with Gasteiger partial charge in [0, 0.05) is 31.2 Å². The number of hydrogen-bond acceptors (Lipinski definition) is 3. The molecule has 6 heteroatoms. The number of benzene rings is 1. The lowest BCUT2D eigenvalue weighted by molar-refractivity contribution is -0.141. The van der Waals surface area contributed by atoms with Gasteiger partial charge in [-0.3, -0.25) is 14.4 Å². The van der Waals surface area contributed by atoms with Crippen molar-refractivity contribution in [3.05, 3.63) is 29.8 Å². The molecule has 2 atom stereocenters. The number of rotatable bonds is 4. The molecule has 0 radical (unpaired) electrons. The smallest absolute Gasteiger partial charge is 0.243 e. The van der Waals surface area contributed by atoms with Crippen LogP contribution in [0.15, 0.2) is 24.3 Å². The van der Waals surface area contributed by atoms with Gasteiger partial charge in [0.2, 0.25) is 17.7 Å². The Morgan fingerprint density at radius 1 is 1.12 bits per heavy atom. The Balaban J connectivity index is 1.43. The number of carbonyl (C=O) groups is 3. The van der Waals surface area contributed by atoms with Gasteiger partial charge in [-0.25, -0.2) is 0 Å². The minimum absolute atomic E-state index is 0.0228. The van der Waals surface area contributed by atoms with Crippen molar-refractivity contribution in [2.75, 3.05) is 18.0 Å². The van der Waals surface area contributed by atoms with Crippen LogP contribution in [0.25, 0.3) is 0 Å². The lowest BCUT2D eigenvalue weighted by Gasteiger charge is -2.26. The third-order valence-electron chi connectivity index (χ3n) is 5.58. The number of amides is 3. The first kappa shape index (κ1) is 17.1. The molecular weight excluding hydrogens is 330 g/mol. The summed E-state index contributed by atoms with van der Waals surface area (Å²) in [6, 6.07) is 7.70. The van der Waals surface area contributed by atoms with Crippen LogP contribution in [0.2, 0.25) is 0 Å². The summed E-state index contributed by atoms with van der Waals surface area (Å²) in [6.07, 6.45) is 3.85. The van der Waals surface area contributed by atoms with Crippen LogP contribution in [-0.2, 0) is 14.4 Å². The van der Waals surface area contributed by atoms with Crippen LogP contribution in [0.5, 0.6) is 0 Å². The molecule has 1 saturated carbocycles. The minimum Gasteiger partial charge on any atom is -0.352 e. The molecule has 4 rings (SSSR count). The fourth-order valence-electron chi connectivity index (χ4n) is 3.91. The number of nitrogens with one attached hydrogen (secondary N) is 1. The second-order valence-corrected chi connectivity index (χ2v) is 7.71. The fourth-order valence-corrected chi connectivity index (χ4v) is 3.91. The number of hydrogen-bond donors (Lipinski definition) is 1. The second-order valence-electron chi connectivity index (χ2n) is 7.71. The number of nitrogens with zero attached hydrogens (tertiary/aromatic N) is 2. The van der Waals surface area contributed by atoms with Crippen molar-refractivity contribution in [3.8, 4) is 0 Å². The molecule has 1 aromatic rings. The van der Waals surface area contributed by atoms with Crippen molar-refractivity contribution in [1.82, 2.24) is 10.2 Å². The number of aryl methyl sites for hydroxylation is 1. The van der Waals surface area contributed by atoms with Crippen LogP contribution in [0.4, 0.5) is 5.69 Å². The van der Waals surface area contributed by atoms with E-state index in [0.29, 0.717) is 25.6 Å². The molecule has 1 N–H and O–H groups in total. The molecule has 1 aliphatic carbocycles. The molecule has 2 saturated heterocycles. The Bertz CT molecular complexity index is 726. The van der Waals surface area contributed by atoms with Gasteiger partial charge in [0.25, 0.3) is 0 Å². The SMILES string of the molecule is Cc1ccc(N2CC(C(=O)N3CCCC3C(=O)NC3CC3)CC2=O)cc1. The van der Waals surface area contributed by atoms with Crippen LogP contribution in [-0.4, -0.2) is 47.8 Å². The van der Waals surface area contributed by atoms with E-state index in [9.17, 15) is 14.4 Å². The zero-order valence-corrected chi connectivity index (χ0v) is 15.1. The maximum absolute atomic E-state index is 13.0. The normalized spacial score (nSPS) is 25.7. The molecule has 0 aromatic heterocycles. The van der Waals surface area contributed by atoms with Crippen LogP contribution in [0.3, 0.4) is 0 Å². The third kappa shape index (κ3) is 3.32. The van der Waals surface area contributed by atoms with Crippen molar-refractivity contribution in [1.29, 1.82) is 0 Å². The summed E-state index contributed by atoms with van der Waals surface area (Å²) in [6.45, 7) is 3.01. The number of anilines is 1. The van der Waals surface area contributed by atoms with Crippen molar-refractivity contribution in [2.45, 2.75) is 51.1 Å². The summed E-state index contributed by atoms with van der Waals surface area (Å²) >= 11 is 0. The second kappa shape index (κ2) is 6.74. The topological polar surface area (TPSA) is 69.7 Å². The highest BCUT2D eigenvalue weighted by molar-refractivity contribution is 6.01. The number of likely N-dealkylation sites (tertiary alicyclic amines) is 1. The Labute approximate surface area is 153 Å². The van der Waals surface area contributed by atoms with Crippen LogP contribution >= 0.6 is 0 Å². The minimum atomic E-state index is -0.369. The van der Waals surface area contributed by atoms with Gasteiger partial charge in [-0.05, 0) is 44.7 Å². The van der Waals surface area contributed by atoms with E-state index in [2.05, 4.69) is 5.32 Å². The maximum Gasteiger partial charge on any atom is 0.243 e. The molecule has 138 valence electrons. The van der Waals surface area contributed by atoms with E-state index in [1.807, 2.05) is 31.2 Å². The van der Waals surface area contributed by atoms with Gasteiger partial charge >= 0.3 is 0 Å². The maximum atomic E-state index is 13.0. The average molecular weight is 355 g/mol. The number of carbonyl (C=O) groups excluding carboxylic acids is 3. The van der Waals surface area contributed by atoms with E-state index < -0.39 is 0 Å². The first-order valence-electron chi connectivity index (χ1n) is 9.51. The van der Waals surface area contributed by atoms with Crippen molar-refractivity contribution >= 4 is 23.4 Å². The van der Waals surface area contributed by atoms with Gasteiger partial charge in [-0.1, -0.05) is 17.7 Å². The van der Waals surface area contributed by atoms with E-state index in [0.717, 1.165) is 30.5 Å². The molecule has 3 aliphatic rings. The van der Waals surface area contributed by atoms with Crippen LogP contribution in [0.1, 0.15) is 37.7 Å². The molecule has 2 heterocycles. The van der Waals surface area contributed by atoms with Gasteiger partial charge in [0.05, 0.1) is 5.92 Å². The van der Waals surface area contributed by atoms with E-state index in [1.54, 1.807) is 9.80 Å². The highest BCUT2D eigenvalue weighted by Gasteiger charge is 2.42. The van der Waals surface area contributed by atoms with E-state index in [-0.39, 0.29) is 36.1 Å². The molecule has 0 spiro atoms. The van der Waals surface area contributed by atoms with Gasteiger partial charge in [-0.15, -0.1) is 0 Å². The summed E-state index contributed by atoms with van der Waals surface area (Å²) in [4.78, 5) is 41.3. The van der Waals surface area contributed by atoms with Gasteiger partial charge < -0.3 is 15.1 Å². The van der Waals surface area contributed by atoms with Gasteiger partial charge in [-0.2, -0.15) is 0 Å². The van der Waals surface area contributed by atoms with E-state index in [4.69, 9.17) is 0 Å². The predicted molar refractivity (Wildman–Crippen MR) is 97.5 cm³/mol. The highest BCUT2D eigenvalue weighted by atomic mass is 16.2. The predicted octanol–water partition coefficient (Wildman–Crippen LogP) is 1.62. The van der Waals surface area contributed by atoms with Gasteiger partial charge in [0.15, 0.2) is 0 Å². The van der Waals surface area contributed by atoms with Crippen LogP contribution < -0.4 is 10.2 Å². The van der Waals surface area contributed by atoms with E-state index >= 15 is 0 Å². The summed E-state index contributed by atoms with van der Waals surface area (Å²) in [5, 5.41) is 3.01. The highest BCUT2D eigenvalue weighted by Crippen LogP contribution is 2.29. The standard InChI is InChI=1S/C20H25N3O3/c1-13-4-8-16(9-5-13)23-12-14(11-18(23)24)20(26)22-10-2-3-17(22)19(25)21-15-6-7-15/h4-5,8-9,14-15,17H,2-3,6-7,10-12H2,1H3,(H,21,25). The molecular formula is C20H25N3O3. The third-order valence-corrected chi connectivity index (χ3v) is 5.58. The summed E-state index contributed by atoms with van der Waals surface area (Å²) in [7, 11) is 0. The largest absolute Gasteiger partial charge is 0.352 e. The lowest BCUT2D eigenvalue weighted by Crippen LogP contribution is -2.48. The quantitative estimate of drug-likeness (QED) is 0.892. The molecule has 6 nitrogen and oxygen atoms in total. The summed E-state index contributed by atoms with van der Waals surface area (Å²) in [5.74, 6) is -0.469. The first-order chi connectivity index (χ1) is 12.5. The zero-order valence-electron chi connectivity index (χ0n) is 15.1. The molecule has 1 aromatic carbocycles. The first-order valence-corrected chi connectivity index (χ1v) is 9.51. The molecule has 2 aliphatic heterocycles. The Morgan fingerprint density at radius 2 is 1.85 bits per heavy atom. The average Bonchev–Trinajstić information content (AvgIpc) is 3.16. The van der Waals surface area contributed by atoms with Crippen molar-refractivity contribution in [3.63, 3.8) is 0 Å². The summed E-state index contributed by atoms with van der Waals surface area (Å²) < 4.78 is 0. The van der Waals surface area contributed by atoms with Gasteiger partial charge in [0.1, 0.15) is 6.04 Å². The molecule has 2 unspecified atom stereocenters. The lowest BCUT2D eigenvalue weighted by atomic mass is 10.1. The molecule has 3 fully saturated rings. The van der Waals surface area contributed by atoms with E-state index in [1.165, 1.54) is 0 Å². The summed E-state index contributed by atoms with van der Waals surface area (Å²) in [5.41, 5.74) is 1.97. The zero-order chi connectivity index (χ0) is 18.3. The molecule has 0 bridgehead atoms. The van der Waals surface area contributed by atoms with Crippen molar-refractivity contribution in [2.24, 2.45) is 5.92 Å². The molecule has 26 heavy (non-hydrogen) atoms. The molecule has 3 amide bonds. The Kier molecular flexibility index (Phi) is 4.42. The Hall–Kier alpha value is -2.37. The van der Waals surface area contributed by atoms with Crippen molar-refractivity contribution < 1.29 is 14.4 Å². The Morgan fingerprint density at radius 3 is 2.54 bits per heavy atom. The fraction of sp³-hybridized carbons (Fsp3) is 0.550.